The van der Waals surface area contributed by atoms with Crippen LogP contribution in [0.2, 0.25) is 10.0 Å². The fraction of sp³-hybridized carbons (Fsp3) is 0.300. The van der Waals surface area contributed by atoms with Gasteiger partial charge in [-0.1, -0.05) is 29.3 Å². The minimum Gasteiger partial charge on any atom is -0.449 e. The minimum atomic E-state index is -3.77. The Morgan fingerprint density at radius 3 is 2.55 bits per heavy atom. The number of ether oxygens (including phenoxy) is 2. The molecule has 8 nitrogen and oxygen atoms in total. The van der Waals surface area contributed by atoms with Gasteiger partial charge in [0.15, 0.2) is 6.10 Å². The molecule has 1 aliphatic rings. The number of halogens is 2. The van der Waals surface area contributed by atoms with Gasteiger partial charge in [0.2, 0.25) is 10.0 Å². The molecule has 3 rings (SSSR count). The molecule has 1 N–H and O–H groups in total. The number of morpholine rings is 1. The first-order chi connectivity index (χ1) is 14.7. The fourth-order valence-electron chi connectivity index (χ4n) is 2.83. The summed E-state index contributed by atoms with van der Waals surface area (Å²) >= 11 is 11.9. The number of rotatable bonds is 6. The smallest absolute Gasteiger partial charge is 0.338 e. The summed E-state index contributed by atoms with van der Waals surface area (Å²) in [6, 6.07) is 10.1. The van der Waals surface area contributed by atoms with Crippen molar-refractivity contribution in [1.82, 2.24) is 4.31 Å². The number of hydrogen-bond acceptors (Lipinski definition) is 6. The van der Waals surface area contributed by atoms with Crippen LogP contribution in [0.3, 0.4) is 0 Å². The van der Waals surface area contributed by atoms with Crippen LogP contribution in [-0.4, -0.2) is 57.0 Å². The van der Waals surface area contributed by atoms with Crippen molar-refractivity contribution in [3.05, 3.63) is 58.1 Å². The van der Waals surface area contributed by atoms with Crippen LogP contribution in [-0.2, 0) is 24.3 Å². The van der Waals surface area contributed by atoms with Crippen LogP contribution < -0.4 is 5.32 Å². The summed E-state index contributed by atoms with van der Waals surface area (Å²) in [4.78, 5) is 24.8. The predicted molar refractivity (Wildman–Crippen MR) is 116 cm³/mol. The standard InChI is InChI=1S/C20H20Cl2N2O6S/c1-13(19(25)23-18-12-15(21)5-6-17(18)22)30-20(26)14-3-2-4-16(11-14)31(27,28)24-7-9-29-10-8-24/h2-6,11-13H,7-10H2,1H3,(H,23,25)/t13-/m0/s1. The van der Waals surface area contributed by atoms with Crippen molar-refractivity contribution in [3.8, 4) is 0 Å². The zero-order chi connectivity index (χ0) is 22.6. The first-order valence-corrected chi connectivity index (χ1v) is 11.5. The van der Waals surface area contributed by atoms with E-state index in [4.69, 9.17) is 32.7 Å². The fourth-order valence-corrected chi connectivity index (χ4v) is 4.62. The highest BCUT2D eigenvalue weighted by atomic mass is 35.5. The van der Waals surface area contributed by atoms with Crippen LogP contribution in [0.4, 0.5) is 5.69 Å². The number of sulfonamides is 1. The van der Waals surface area contributed by atoms with Crippen molar-refractivity contribution in [2.45, 2.75) is 17.9 Å². The molecular formula is C20H20Cl2N2O6S. The Labute approximate surface area is 190 Å². The number of amides is 1. The van der Waals surface area contributed by atoms with Gasteiger partial charge in [0.05, 0.1) is 34.4 Å². The Balaban J connectivity index is 1.69. The van der Waals surface area contributed by atoms with Crippen molar-refractivity contribution in [2.75, 3.05) is 31.6 Å². The number of nitrogens with one attached hydrogen (secondary N) is 1. The first-order valence-electron chi connectivity index (χ1n) is 9.33. The van der Waals surface area contributed by atoms with Gasteiger partial charge < -0.3 is 14.8 Å². The number of benzene rings is 2. The highest BCUT2D eigenvalue weighted by Gasteiger charge is 2.27. The van der Waals surface area contributed by atoms with E-state index in [9.17, 15) is 18.0 Å². The maximum Gasteiger partial charge on any atom is 0.338 e. The van der Waals surface area contributed by atoms with Crippen molar-refractivity contribution in [1.29, 1.82) is 0 Å². The molecule has 1 aliphatic heterocycles. The van der Waals surface area contributed by atoms with Crippen molar-refractivity contribution < 1.29 is 27.5 Å². The summed E-state index contributed by atoms with van der Waals surface area (Å²) < 4.78 is 37.2. The molecule has 1 amide bonds. The van der Waals surface area contributed by atoms with E-state index in [-0.39, 0.29) is 34.3 Å². The van der Waals surface area contributed by atoms with Crippen LogP contribution in [0.25, 0.3) is 0 Å². The van der Waals surface area contributed by atoms with Gasteiger partial charge in [0.1, 0.15) is 0 Å². The molecule has 11 heteroatoms. The van der Waals surface area contributed by atoms with E-state index in [1.807, 2.05) is 0 Å². The number of nitrogens with zero attached hydrogens (tertiary/aromatic N) is 1. The summed E-state index contributed by atoms with van der Waals surface area (Å²) in [7, 11) is -3.77. The zero-order valence-corrected chi connectivity index (χ0v) is 18.8. The van der Waals surface area contributed by atoms with Crippen LogP contribution in [0.1, 0.15) is 17.3 Å². The topological polar surface area (TPSA) is 102 Å². The SMILES string of the molecule is C[C@H](OC(=O)c1cccc(S(=O)(=O)N2CCOCC2)c1)C(=O)Nc1cc(Cl)ccc1Cl. The maximum absolute atomic E-state index is 12.8. The summed E-state index contributed by atoms with van der Waals surface area (Å²) in [5, 5.41) is 3.19. The second kappa shape index (κ2) is 9.97. The summed E-state index contributed by atoms with van der Waals surface area (Å²) in [6.45, 7) is 2.48. The lowest BCUT2D eigenvalue weighted by Gasteiger charge is -2.26. The monoisotopic (exact) mass is 486 g/mol. The normalized spacial score (nSPS) is 15.8. The molecule has 0 aliphatic carbocycles. The Hall–Kier alpha value is -2.17. The van der Waals surface area contributed by atoms with E-state index in [2.05, 4.69) is 5.32 Å². The minimum absolute atomic E-state index is 0.00905. The molecule has 1 heterocycles. The third-order valence-electron chi connectivity index (χ3n) is 4.52. The molecule has 1 atom stereocenters. The van der Waals surface area contributed by atoms with E-state index in [0.29, 0.717) is 18.2 Å². The van der Waals surface area contributed by atoms with Crippen LogP contribution in [0, 0.1) is 0 Å². The summed E-state index contributed by atoms with van der Waals surface area (Å²) in [5.41, 5.74) is 0.287. The number of hydrogen-bond donors (Lipinski definition) is 1. The highest BCUT2D eigenvalue weighted by Crippen LogP contribution is 2.26. The quantitative estimate of drug-likeness (QED) is 0.628. The van der Waals surface area contributed by atoms with Gasteiger partial charge in [-0.2, -0.15) is 4.31 Å². The van der Waals surface area contributed by atoms with Gasteiger partial charge in [0, 0.05) is 18.1 Å². The Morgan fingerprint density at radius 1 is 1.13 bits per heavy atom. The third-order valence-corrected chi connectivity index (χ3v) is 6.98. The van der Waals surface area contributed by atoms with E-state index in [1.54, 1.807) is 6.07 Å². The molecule has 1 fully saturated rings. The van der Waals surface area contributed by atoms with Gasteiger partial charge in [0.25, 0.3) is 5.91 Å². The number of anilines is 1. The van der Waals surface area contributed by atoms with Crippen LogP contribution in [0.15, 0.2) is 47.4 Å². The van der Waals surface area contributed by atoms with Crippen molar-refractivity contribution in [3.63, 3.8) is 0 Å². The number of carbonyl (C=O) groups is 2. The third kappa shape index (κ3) is 5.75. The molecule has 0 bridgehead atoms. The van der Waals surface area contributed by atoms with Crippen LogP contribution in [0.5, 0.6) is 0 Å². The molecule has 0 spiro atoms. The lowest BCUT2D eigenvalue weighted by Crippen LogP contribution is -2.40. The largest absolute Gasteiger partial charge is 0.449 e. The van der Waals surface area contributed by atoms with E-state index in [0.717, 1.165) is 0 Å². The van der Waals surface area contributed by atoms with Crippen LogP contribution >= 0.6 is 23.2 Å². The van der Waals surface area contributed by atoms with Gasteiger partial charge in [-0.15, -0.1) is 0 Å². The highest BCUT2D eigenvalue weighted by molar-refractivity contribution is 7.89. The molecule has 31 heavy (non-hydrogen) atoms. The van der Waals surface area contributed by atoms with E-state index in [1.165, 1.54) is 47.6 Å². The Kier molecular flexibility index (Phi) is 7.55. The number of carbonyl (C=O) groups excluding carboxylic acids is 2. The molecule has 166 valence electrons. The summed E-state index contributed by atoms with van der Waals surface area (Å²) in [6.07, 6.45) is -1.16. The van der Waals surface area contributed by atoms with E-state index < -0.39 is 28.0 Å². The zero-order valence-electron chi connectivity index (χ0n) is 16.5. The Bertz CT molecular complexity index is 1090. The maximum atomic E-state index is 12.8. The van der Waals surface area contributed by atoms with Gasteiger partial charge in [-0.25, -0.2) is 13.2 Å². The molecule has 0 saturated carbocycles. The molecule has 2 aromatic rings. The summed E-state index contributed by atoms with van der Waals surface area (Å²) in [5.74, 6) is -1.45. The molecule has 0 aromatic heterocycles. The van der Waals surface area contributed by atoms with Gasteiger partial charge in [-0.05, 0) is 43.3 Å². The van der Waals surface area contributed by atoms with Gasteiger partial charge in [-0.3, -0.25) is 4.79 Å². The molecule has 1 saturated heterocycles. The van der Waals surface area contributed by atoms with Gasteiger partial charge >= 0.3 is 5.97 Å². The second-order valence-electron chi connectivity index (χ2n) is 6.71. The van der Waals surface area contributed by atoms with E-state index >= 15 is 0 Å². The second-order valence-corrected chi connectivity index (χ2v) is 9.49. The first kappa shape index (κ1) is 23.5. The average molecular weight is 487 g/mol. The van der Waals surface area contributed by atoms with Crippen molar-refractivity contribution >= 4 is 50.8 Å². The molecule has 0 radical (unpaired) electrons. The lowest BCUT2D eigenvalue weighted by atomic mass is 10.2. The molecular weight excluding hydrogens is 467 g/mol. The number of esters is 1. The average Bonchev–Trinajstić information content (AvgIpc) is 2.76. The Morgan fingerprint density at radius 2 is 1.84 bits per heavy atom. The van der Waals surface area contributed by atoms with Crippen molar-refractivity contribution in [2.24, 2.45) is 0 Å². The molecule has 2 aromatic carbocycles. The predicted octanol–water partition coefficient (Wildman–Crippen LogP) is 3.20. The lowest BCUT2D eigenvalue weighted by molar-refractivity contribution is -0.123. The molecule has 0 unspecified atom stereocenters.